The highest BCUT2D eigenvalue weighted by Crippen LogP contribution is 2.12. The first kappa shape index (κ1) is 13.5. The topological polar surface area (TPSA) is 81.1 Å². The smallest absolute Gasteiger partial charge is 0.323 e. The highest BCUT2D eigenvalue weighted by Gasteiger charge is 2.26. The van der Waals surface area contributed by atoms with Gasteiger partial charge in [0, 0.05) is 19.6 Å². The molecule has 0 aliphatic carbocycles. The number of aliphatic hydroxyl groups excluding tert-OH is 1. The van der Waals surface area contributed by atoms with Crippen LogP contribution < -0.4 is 0 Å². The van der Waals surface area contributed by atoms with E-state index in [1.807, 2.05) is 0 Å². The fourth-order valence-electron chi connectivity index (χ4n) is 1.86. The minimum atomic E-state index is -1.06. The van der Waals surface area contributed by atoms with Gasteiger partial charge < -0.3 is 20.0 Å². The molecule has 0 aromatic heterocycles. The number of hydrogen-bond donors (Lipinski definition) is 2. The minimum Gasteiger partial charge on any atom is -0.480 e. The second kappa shape index (κ2) is 6.24. The number of rotatable bonds is 4. The van der Waals surface area contributed by atoms with Crippen molar-refractivity contribution in [3.05, 3.63) is 12.7 Å². The summed E-state index contributed by atoms with van der Waals surface area (Å²) < 4.78 is 0. The first-order valence-electron chi connectivity index (χ1n) is 5.59. The second-order valence-electron chi connectivity index (χ2n) is 4.09. The molecule has 0 radical (unpaired) electrons. The number of carboxylic acids is 1. The Bertz CT molecular complexity index is 306. The van der Waals surface area contributed by atoms with Crippen molar-refractivity contribution in [1.29, 1.82) is 0 Å². The van der Waals surface area contributed by atoms with Crippen LogP contribution in [0, 0.1) is 0 Å². The van der Waals surface area contributed by atoms with Gasteiger partial charge in [0.2, 0.25) is 0 Å². The van der Waals surface area contributed by atoms with E-state index in [0.717, 1.165) is 6.42 Å². The number of urea groups is 1. The summed E-state index contributed by atoms with van der Waals surface area (Å²) in [6.45, 7) is 4.17. The van der Waals surface area contributed by atoms with E-state index in [1.165, 1.54) is 15.9 Å². The molecule has 1 rings (SSSR count). The number of piperidine rings is 1. The minimum absolute atomic E-state index is 0.192. The van der Waals surface area contributed by atoms with Gasteiger partial charge in [-0.2, -0.15) is 0 Å². The van der Waals surface area contributed by atoms with Gasteiger partial charge in [-0.05, 0) is 12.8 Å². The van der Waals surface area contributed by atoms with Crippen molar-refractivity contribution >= 4 is 12.0 Å². The molecule has 1 saturated heterocycles. The van der Waals surface area contributed by atoms with E-state index in [1.54, 1.807) is 0 Å². The molecular formula is C11H18N2O4. The zero-order chi connectivity index (χ0) is 12.8. The van der Waals surface area contributed by atoms with Crippen LogP contribution in [0.1, 0.15) is 12.8 Å². The number of nitrogens with zero attached hydrogens (tertiary/aromatic N) is 2. The fourth-order valence-corrected chi connectivity index (χ4v) is 1.86. The number of β-amino-alcohol motifs (C(OH)–C–C–N with tert-alkyl or cyclic N) is 1. The summed E-state index contributed by atoms with van der Waals surface area (Å²) in [4.78, 5) is 25.3. The van der Waals surface area contributed by atoms with Gasteiger partial charge in [-0.15, -0.1) is 6.58 Å². The Labute approximate surface area is 100 Å². The van der Waals surface area contributed by atoms with Crippen molar-refractivity contribution in [1.82, 2.24) is 9.80 Å². The number of carbonyl (C=O) groups is 2. The molecule has 6 nitrogen and oxygen atoms in total. The molecule has 1 unspecified atom stereocenters. The number of aliphatic hydroxyl groups is 1. The largest absolute Gasteiger partial charge is 0.480 e. The molecule has 1 aliphatic rings. The number of likely N-dealkylation sites (tertiary alicyclic amines) is 1. The maximum absolute atomic E-state index is 12.0. The van der Waals surface area contributed by atoms with Crippen molar-refractivity contribution < 1.29 is 19.8 Å². The van der Waals surface area contributed by atoms with Crippen molar-refractivity contribution in [3.63, 3.8) is 0 Å². The van der Waals surface area contributed by atoms with E-state index in [9.17, 15) is 14.7 Å². The molecule has 1 aliphatic heterocycles. The van der Waals surface area contributed by atoms with Crippen molar-refractivity contribution in [3.8, 4) is 0 Å². The number of aliphatic carboxylic acids is 1. The Kier molecular flexibility index (Phi) is 4.96. The van der Waals surface area contributed by atoms with Crippen LogP contribution in [0.4, 0.5) is 4.79 Å². The molecule has 0 aromatic rings. The van der Waals surface area contributed by atoms with Crippen molar-refractivity contribution in [2.24, 2.45) is 0 Å². The molecular weight excluding hydrogens is 224 g/mol. The third kappa shape index (κ3) is 4.07. The molecule has 0 bridgehead atoms. The molecule has 1 fully saturated rings. The number of carboxylic acid groups (broad SMARTS) is 1. The summed E-state index contributed by atoms with van der Waals surface area (Å²) in [5, 5.41) is 18.2. The summed E-state index contributed by atoms with van der Waals surface area (Å²) in [6, 6.07) is -0.356. The fraction of sp³-hybridized carbons (Fsp3) is 0.636. The Morgan fingerprint density at radius 3 is 2.76 bits per heavy atom. The van der Waals surface area contributed by atoms with Gasteiger partial charge >= 0.3 is 12.0 Å². The number of hydrogen-bond acceptors (Lipinski definition) is 3. The molecule has 96 valence electrons. The van der Waals surface area contributed by atoms with E-state index in [4.69, 9.17) is 5.11 Å². The second-order valence-corrected chi connectivity index (χ2v) is 4.09. The Morgan fingerprint density at radius 2 is 2.24 bits per heavy atom. The lowest BCUT2D eigenvalue weighted by molar-refractivity contribution is -0.137. The summed E-state index contributed by atoms with van der Waals surface area (Å²) >= 11 is 0. The summed E-state index contributed by atoms with van der Waals surface area (Å²) in [5.41, 5.74) is 0. The van der Waals surface area contributed by atoms with Crippen LogP contribution in [-0.2, 0) is 4.79 Å². The predicted molar refractivity (Wildman–Crippen MR) is 61.6 cm³/mol. The zero-order valence-electron chi connectivity index (χ0n) is 9.71. The molecule has 1 heterocycles. The van der Waals surface area contributed by atoms with E-state index in [0.29, 0.717) is 13.0 Å². The molecule has 6 heteroatoms. The zero-order valence-corrected chi connectivity index (χ0v) is 9.71. The van der Waals surface area contributed by atoms with Gasteiger partial charge in [-0.25, -0.2) is 4.79 Å². The normalized spacial score (nSPS) is 19.8. The molecule has 0 spiro atoms. The first-order valence-corrected chi connectivity index (χ1v) is 5.59. The number of amides is 2. The highest BCUT2D eigenvalue weighted by atomic mass is 16.4. The lowest BCUT2D eigenvalue weighted by atomic mass is 10.1. The van der Waals surface area contributed by atoms with E-state index in [2.05, 4.69) is 6.58 Å². The van der Waals surface area contributed by atoms with Gasteiger partial charge in [0.1, 0.15) is 6.54 Å². The van der Waals surface area contributed by atoms with E-state index >= 15 is 0 Å². The molecule has 17 heavy (non-hydrogen) atoms. The van der Waals surface area contributed by atoms with Crippen LogP contribution in [0.2, 0.25) is 0 Å². The maximum atomic E-state index is 12.0. The Hall–Kier alpha value is -1.56. The Morgan fingerprint density at radius 1 is 1.53 bits per heavy atom. The van der Waals surface area contributed by atoms with Crippen LogP contribution >= 0.6 is 0 Å². The SMILES string of the molecule is C=CCN(CC(=O)O)C(=O)N1CCCC(O)C1. The monoisotopic (exact) mass is 242 g/mol. The average Bonchev–Trinajstić information content (AvgIpc) is 2.27. The van der Waals surface area contributed by atoms with Gasteiger partial charge in [0.25, 0.3) is 0 Å². The lowest BCUT2D eigenvalue weighted by Gasteiger charge is -2.33. The summed E-state index contributed by atoms with van der Waals surface area (Å²) in [7, 11) is 0. The van der Waals surface area contributed by atoms with Crippen LogP contribution in [0.5, 0.6) is 0 Å². The van der Waals surface area contributed by atoms with Gasteiger partial charge in [0.15, 0.2) is 0 Å². The standard InChI is InChI=1S/C11H18N2O4/c1-2-5-12(8-10(15)16)11(17)13-6-3-4-9(14)7-13/h2,9,14H,1,3-8H2,(H,15,16). The molecule has 2 amide bonds. The third-order valence-corrected chi connectivity index (χ3v) is 2.61. The molecule has 1 atom stereocenters. The summed E-state index contributed by atoms with van der Waals surface area (Å²) in [5.74, 6) is -1.06. The van der Waals surface area contributed by atoms with Crippen LogP contribution in [0.15, 0.2) is 12.7 Å². The van der Waals surface area contributed by atoms with Gasteiger partial charge in [0.05, 0.1) is 6.10 Å². The average molecular weight is 242 g/mol. The van der Waals surface area contributed by atoms with Crippen molar-refractivity contribution in [2.75, 3.05) is 26.2 Å². The highest BCUT2D eigenvalue weighted by molar-refractivity contribution is 5.80. The summed E-state index contributed by atoms with van der Waals surface area (Å²) in [6.07, 6.45) is 2.40. The number of carbonyl (C=O) groups excluding carboxylic acids is 1. The van der Waals surface area contributed by atoms with Crippen LogP contribution in [0.25, 0.3) is 0 Å². The van der Waals surface area contributed by atoms with Gasteiger partial charge in [-0.3, -0.25) is 4.79 Å². The molecule has 0 aromatic carbocycles. The maximum Gasteiger partial charge on any atom is 0.323 e. The predicted octanol–water partition coefficient (Wildman–Crippen LogP) is 0.136. The first-order chi connectivity index (χ1) is 8.04. The Balaban J connectivity index is 2.62. The van der Waals surface area contributed by atoms with E-state index < -0.39 is 12.1 Å². The van der Waals surface area contributed by atoms with Crippen LogP contribution in [-0.4, -0.2) is 64.3 Å². The quantitative estimate of drug-likeness (QED) is 0.687. The molecule has 2 N–H and O–H groups in total. The lowest BCUT2D eigenvalue weighted by Crippen LogP contribution is -2.50. The van der Waals surface area contributed by atoms with Crippen LogP contribution in [0.3, 0.4) is 0 Å². The van der Waals surface area contributed by atoms with Crippen molar-refractivity contribution in [2.45, 2.75) is 18.9 Å². The van der Waals surface area contributed by atoms with Gasteiger partial charge in [-0.1, -0.05) is 6.08 Å². The van der Waals surface area contributed by atoms with E-state index in [-0.39, 0.29) is 25.7 Å². The molecule has 0 saturated carbocycles. The third-order valence-electron chi connectivity index (χ3n) is 2.61.